The molecule has 1 heterocycles. The molecule has 1 aromatic heterocycles. The fourth-order valence-electron chi connectivity index (χ4n) is 1.58. The van der Waals surface area contributed by atoms with E-state index in [2.05, 4.69) is 21.2 Å². The molecular weight excluding hydrogens is 326 g/mol. The van der Waals surface area contributed by atoms with Gasteiger partial charge in [0.05, 0.1) is 13.2 Å². The van der Waals surface area contributed by atoms with Gasteiger partial charge in [-0.3, -0.25) is 4.79 Å². The number of hydrogen-bond donors (Lipinski definition) is 1. The molecule has 0 radical (unpaired) electrons. The first-order valence-electron chi connectivity index (χ1n) is 5.93. The molecule has 3 nitrogen and oxygen atoms in total. The van der Waals surface area contributed by atoms with Crippen LogP contribution in [0.5, 0.6) is 5.75 Å². The zero-order chi connectivity index (χ0) is 13.7. The molecule has 0 spiro atoms. The van der Waals surface area contributed by atoms with Crippen LogP contribution in [0.25, 0.3) is 0 Å². The molecule has 0 aliphatic heterocycles. The number of thiophene rings is 1. The summed E-state index contributed by atoms with van der Waals surface area (Å²) in [5.41, 5.74) is 0.635. The molecule has 0 bridgehead atoms. The van der Waals surface area contributed by atoms with E-state index in [0.29, 0.717) is 18.7 Å². The molecule has 0 aliphatic carbocycles. The van der Waals surface area contributed by atoms with E-state index in [4.69, 9.17) is 4.74 Å². The van der Waals surface area contributed by atoms with Crippen molar-refractivity contribution in [2.45, 2.75) is 13.5 Å². The molecule has 2 rings (SSSR count). The van der Waals surface area contributed by atoms with Gasteiger partial charge < -0.3 is 10.1 Å². The Morgan fingerprint density at radius 3 is 2.63 bits per heavy atom. The molecule has 1 N–H and O–H groups in total. The number of carbonyl (C=O) groups excluding carboxylic acids is 1. The maximum absolute atomic E-state index is 12.0. The Balaban J connectivity index is 1.94. The highest BCUT2D eigenvalue weighted by Gasteiger charge is 2.07. The lowest BCUT2D eigenvalue weighted by Crippen LogP contribution is -2.22. The summed E-state index contributed by atoms with van der Waals surface area (Å²) in [5, 5.41) is 4.88. The van der Waals surface area contributed by atoms with Crippen molar-refractivity contribution in [3.63, 3.8) is 0 Å². The molecule has 19 heavy (non-hydrogen) atoms. The highest BCUT2D eigenvalue weighted by Crippen LogP contribution is 2.22. The predicted molar refractivity (Wildman–Crippen MR) is 80.8 cm³/mol. The maximum Gasteiger partial charge on any atom is 0.251 e. The molecule has 100 valence electrons. The Labute approximate surface area is 124 Å². The lowest BCUT2D eigenvalue weighted by Gasteiger charge is -2.06. The number of hydrogen-bond acceptors (Lipinski definition) is 3. The van der Waals surface area contributed by atoms with Crippen LogP contribution in [-0.4, -0.2) is 12.5 Å². The van der Waals surface area contributed by atoms with Crippen molar-refractivity contribution in [3.05, 3.63) is 50.6 Å². The average Bonchev–Trinajstić information content (AvgIpc) is 2.83. The summed E-state index contributed by atoms with van der Waals surface area (Å²) < 4.78 is 6.37. The summed E-state index contributed by atoms with van der Waals surface area (Å²) in [4.78, 5) is 13.1. The lowest BCUT2D eigenvalue weighted by molar-refractivity contribution is 0.0951. The Hall–Kier alpha value is -1.33. The second-order valence-corrected chi connectivity index (χ2v) is 5.69. The van der Waals surface area contributed by atoms with Gasteiger partial charge in [0, 0.05) is 14.9 Å². The SMILES string of the molecule is CCOc1ccc(C(=O)NCc2sccc2Br)cc1. The zero-order valence-corrected chi connectivity index (χ0v) is 12.9. The molecule has 0 unspecified atom stereocenters. The van der Waals surface area contributed by atoms with Crippen molar-refractivity contribution in [3.8, 4) is 5.75 Å². The third-order valence-electron chi connectivity index (χ3n) is 2.53. The number of ether oxygens (including phenoxy) is 1. The van der Waals surface area contributed by atoms with Crippen LogP contribution in [0.1, 0.15) is 22.2 Å². The van der Waals surface area contributed by atoms with E-state index in [-0.39, 0.29) is 5.91 Å². The first-order chi connectivity index (χ1) is 9.20. The molecule has 0 fully saturated rings. The van der Waals surface area contributed by atoms with Gasteiger partial charge in [0.1, 0.15) is 5.75 Å². The van der Waals surface area contributed by atoms with Crippen molar-refractivity contribution in [2.24, 2.45) is 0 Å². The number of rotatable bonds is 5. The zero-order valence-electron chi connectivity index (χ0n) is 10.5. The molecule has 0 saturated heterocycles. The van der Waals surface area contributed by atoms with Crippen LogP contribution < -0.4 is 10.1 Å². The third kappa shape index (κ3) is 3.81. The van der Waals surface area contributed by atoms with Gasteiger partial charge in [-0.05, 0) is 58.6 Å². The van der Waals surface area contributed by atoms with Gasteiger partial charge >= 0.3 is 0 Å². The Kier molecular flexibility index (Phi) is 4.99. The molecule has 2 aromatic rings. The van der Waals surface area contributed by atoms with Crippen LogP contribution in [0.3, 0.4) is 0 Å². The van der Waals surface area contributed by atoms with Crippen molar-refractivity contribution in [2.75, 3.05) is 6.61 Å². The van der Waals surface area contributed by atoms with Crippen molar-refractivity contribution in [1.82, 2.24) is 5.32 Å². The predicted octanol–water partition coefficient (Wildman–Crippen LogP) is 3.84. The number of carbonyl (C=O) groups is 1. The molecule has 1 aromatic carbocycles. The van der Waals surface area contributed by atoms with Gasteiger partial charge in [0.2, 0.25) is 0 Å². The maximum atomic E-state index is 12.0. The highest BCUT2D eigenvalue weighted by molar-refractivity contribution is 9.10. The topological polar surface area (TPSA) is 38.3 Å². The van der Waals surface area contributed by atoms with Crippen molar-refractivity contribution < 1.29 is 9.53 Å². The highest BCUT2D eigenvalue weighted by atomic mass is 79.9. The standard InChI is InChI=1S/C14H14BrNO2S/c1-2-18-11-5-3-10(4-6-11)14(17)16-9-13-12(15)7-8-19-13/h3-8H,2,9H2,1H3,(H,16,17). The first kappa shape index (κ1) is 14.1. The van der Waals surface area contributed by atoms with Gasteiger partial charge in [-0.2, -0.15) is 0 Å². The minimum Gasteiger partial charge on any atom is -0.494 e. The van der Waals surface area contributed by atoms with E-state index in [0.717, 1.165) is 15.1 Å². The van der Waals surface area contributed by atoms with Crippen LogP contribution in [0.2, 0.25) is 0 Å². The van der Waals surface area contributed by atoms with Crippen LogP contribution in [0.15, 0.2) is 40.2 Å². The summed E-state index contributed by atoms with van der Waals surface area (Å²) in [6.45, 7) is 3.09. The smallest absolute Gasteiger partial charge is 0.251 e. The number of amides is 1. The summed E-state index contributed by atoms with van der Waals surface area (Å²) in [5.74, 6) is 0.698. The molecule has 0 atom stereocenters. The second-order valence-electron chi connectivity index (χ2n) is 3.83. The number of benzene rings is 1. The largest absolute Gasteiger partial charge is 0.494 e. The van der Waals surface area contributed by atoms with Gasteiger partial charge in [0.15, 0.2) is 0 Å². The Morgan fingerprint density at radius 1 is 1.32 bits per heavy atom. The fourth-order valence-corrected chi connectivity index (χ4v) is 3.02. The Bertz CT molecular complexity index is 551. The molecule has 5 heteroatoms. The first-order valence-corrected chi connectivity index (χ1v) is 7.61. The number of halogens is 1. The number of nitrogens with one attached hydrogen (secondary N) is 1. The van der Waals surface area contributed by atoms with E-state index in [1.165, 1.54) is 0 Å². The van der Waals surface area contributed by atoms with Crippen molar-refractivity contribution >= 4 is 33.2 Å². The second kappa shape index (κ2) is 6.73. The van der Waals surface area contributed by atoms with Crippen LogP contribution in [0.4, 0.5) is 0 Å². The van der Waals surface area contributed by atoms with Crippen LogP contribution in [-0.2, 0) is 6.54 Å². The molecular formula is C14H14BrNO2S. The summed E-state index contributed by atoms with van der Waals surface area (Å²) in [7, 11) is 0. The minimum absolute atomic E-state index is 0.0802. The minimum atomic E-state index is -0.0802. The van der Waals surface area contributed by atoms with Crippen LogP contribution >= 0.6 is 27.3 Å². The monoisotopic (exact) mass is 339 g/mol. The Morgan fingerprint density at radius 2 is 2.05 bits per heavy atom. The lowest BCUT2D eigenvalue weighted by atomic mass is 10.2. The third-order valence-corrected chi connectivity index (χ3v) is 4.45. The van der Waals surface area contributed by atoms with Gasteiger partial charge in [-0.1, -0.05) is 0 Å². The molecule has 1 amide bonds. The van der Waals surface area contributed by atoms with E-state index >= 15 is 0 Å². The summed E-state index contributed by atoms with van der Waals surface area (Å²) >= 11 is 5.06. The van der Waals surface area contributed by atoms with Crippen LogP contribution in [0, 0.1) is 0 Å². The van der Waals surface area contributed by atoms with E-state index in [1.807, 2.05) is 18.4 Å². The van der Waals surface area contributed by atoms with Gasteiger partial charge in [-0.25, -0.2) is 0 Å². The quantitative estimate of drug-likeness (QED) is 0.898. The summed E-state index contributed by atoms with van der Waals surface area (Å²) in [6.07, 6.45) is 0. The normalized spacial score (nSPS) is 10.2. The summed E-state index contributed by atoms with van der Waals surface area (Å²) in [6, 6.07) is 9.12. The van der Waals surface area contributed by atoms with E-state index < -0.39 is 0 Å². The van der Waals surface area contributed by atoms with E-state index in [9.17, 15) is 4.79 Å². The van der Waals surface area contributed by atoms with Crippen molar-refractivity contribution in [1.29, 1.82) is 0 Å². The van der Waals surface area contributed by atoms with Gasteiger partial charge in [-0.15, -0.1) is 11.3 Å². The molecule has 0 saturated carbocycles. The fraction of sp³-hybridized carbons (Fsp3) is 0.214. The van der Waals surface area contributed by atoms with Gasteiger partial charge in [0.25, 0.3) is 5.91 Å². The molecule has 0 aliphatic rings. The average molecular weight is 340 g/mol. The van der Waals surface area contributed by atoms with E-state index in [1.54, 1.807) is 35.6 Å².